The van der Waals surface area contributed by atoms with Crippen molar-refractivity contribution in [1.29, 1.82) is 0 Å². The zero-order valence-corrected chi connectivity index (χ0v) is 12.8. The first kappa shape index (κ1) is 18.1. The molecule has 1 atom stereocenters. The second kappa shape index (κ2) is 11.0. The topological polar surface area (TPSA) is 46.5 Å². The van der Waals surface area contributed by atoms with E-state index in [0.717, 1.165) is 29.4 Å². The van der Waals surface area contributed by atoms with E-state index in [0.29, 0.717) is 6.61 Å². The summed E-state index contributed by atoms with van der Waals surface area (Å²) in [6.45, 7) is 2.84. The lowest BCUT2D eigenvalue weighted by Crippen LogP contribution is -3.00. The largest absolute Gasteiger partial charge is 1.00 e. The van der Waals surface area contributed by atoms with E-state index >= 15 is 0 Å². The van der Waals surface area contributed by atoms with Gasteiger partial charge in [0.1, 0.15) is 23.0 Å². The van der Waals surface area contributed by atoms with Crippen LogP contribution in [0.5, 0.6) is 5.75 Å². The highest BCUT2D eigenvalue weighted by Crippen LogP contribution is 2.09. The summed E-state index contributed by atoms with van der Waals surface area (Å²) in [4.78, 5) is 10.5. The first-order valence-corrected chi connectivity index (χ1v) is 7.99. The molecule has 3 nitrogen and oxygen atoms in total. The Kier molecular flexibility index (Phi) is 10.5. The van der Waals surface area contributed by atoms with E-state index in [9.17, 15) is 4.79 Å². The molecule has 0 aliphatic heterocycles. The summed E-state index contributed by atoms with van der Waals surface area (Å²) < 4.78 is 5.61. The van der Waals surface area contributed by atoms with Gasteiger partial charge < -0.3 is 22.3 Å². The lowest BCUT2D eigenvalue weighted by atomic mass is 10.3. The molecule has 1 aromatic carbocycles. The normalized spacial score (nSPS) is 11.4. The van der Waals surface area contributed by atoms with Gasteiger partial charge in [-0.1, -0.05) is 18.2 Å². The minimum absolute atomic E-state index is 0. The number of carbonyl (C=O) groups is 1. The Bertz CT molecular complexity index is 346. The Hall–Kier alpha value is -0.870. The molecule has 1 unspecified atom stereocenters. The number of rotatable bonds is 9. The van der Waals surface area contributed by atoms with Crippen LogP contribution in [-0.4, -0.2) is 34.9 Å². The van der Waals surface area contributed by atoms with Gasteiger partial charge >= 0.3 is 5.97 Å². The molecular weight excluding hydrogens is 284 g/mol. The van der Waals surface area contributed by atoms with E-state index in [-0.39, 0.29) is 29.7 Å². The molecule has 1 N–H and O–H groups in total. The fourth-order valence-corrected chi connectivity index (χ4v) is 3.36. The van der Waals surface area contributed by atoms with Crippen LogP contribution in [0.4, 0.5) is 0 Å². The molecule has 0 heterocycles. The van der Waals surface area contributed by atoms with Crippen molar-refractivity contribution in [2.24, 2.45) is 0 Å². The molecule has 0 amide bonds. The Morgan fingerprint density at radius 2 is 1.95 bits per heavy atom. The van der Waals surface area contributed by atoms with Gasteiger partial charge in [0, 0.05) is 6.42 Å². The molecule has 19 heavy (non-hydrogen) atoms. The van der Waals surface area contributed by atoms with Crippen molar-refractivity contribution in [3.05, 3.63) is 30.3 Å². The van der Waals surface area contributed by atoms with Crippen LogP contribution in [0.25, 0.3) is 0 Å². The Morgan fingerprint density at radius 3 is 2.53 bits per heavy atom. The molecule has 0 radical (unpaired) electrons. The maximum atomic E-state index is 10.5. The maximum absolute atomic E-state index is 10.5. The third kappa shape index (κ3) is 8.78. The highest BCUT2D eigenvalue weighted by molar-refractivity contribution is 7.96. The smallest absolute Gasteiger partial charge is 0.308 e. The number of carboxylic acids is 1. The number of ether oxygens (including phenoxy) is 1. The third-order valence-corrected chi connectivity index (χ3v) is 5.07. The van der Waals surface area contributed by atoms with Gasteiger partial charge in [-0.15, -0.1) is 0 Å². The molecule has 0 saturated carbocycles. The van der Waals surface area contributed by atoms with Gasteiger partial charge in [0.05, 0.1) is 13.0 Å². The van der Waals surface area contributed by atoms with Crippen LogP contribution >= 0.6 is 0 Å². The summed E-state index contributed by atoms with van der Waals surface area (Å²) in [5.41, 5.74) is 0. The van der Waals surface area contributed by atoms with Crippen molar-refractivity contribution in [2.75, 3.05) is 23.9 Å². The van der Waals surface area contributed by atoms with Gasteiger partial charge in [-0.3, -0.25) is 4.79 Å². The van der Waals surface area contributed by atoms with Gasteiger partial charge in [0.25, 0.3) is 0 Å². The van der Waals surface area contributed by atoms with E-state index < -0.39 is 5.97 Å². The molecule has 1 aromatic rings. The van der Waals surface area contributed by atoms with E-state index in [1.807, 2.05) is 30.3 Å². The van der Waals surface area contributed by atoms with E-state index in [2.05, 4.69) is 6.92 Å². The van der Waals surface area contributed by atoms with Crippen molar-refractivity contribution in [2.45, 2.75) is 19.8 Å². The monoisotopic (exact) mass is 304 g/mol. The minimum Gasteiger partial charge on any atom is -1.00 e. The van der Waals surface area contributed by atoms with Gasteiger partial charge in [0.2, 0.25) is 0 Å². The average molecular weight is 305 g/mol. The molecule has 0 aromatic heterocycles. The quantitative estimate of drug-likeness (QED) is 0.498. The standard InChI is InChI=1S/C14H20O3S.ClH/c1-2-18(12-9-14(15)16)11-6-10-17-13-7-4-3-5-8-13;/h3-5,7-8H,2,6,9-12H2,1H3;1H. The molecule has 0 aliphatic rings. The molecule has 0 aliphatic carbocycles. The van der Waals surface area contributed by atoms with E-state index in [1.165, 1.54) is 0 Å². The first-order valence-electron chi connectivity index (χ1n) is 6.26. The number of hydrogen-bond donors (Lipinski definition) is 1. The molecule has 5 heteroatoms. The molecule has 108 valence electrons. The molecule has 0 saturated heterocycles. The summed E-state index contributed by atoms with van der Waals surface area (Å²) >= 11 is 0. The van der Waals surface area contributed by atoms with Crippen LogP contribution in [-0.2, 0) is 15.7 Å². The van der Waals surface area contributed by atoms with Gasteiger partial charge in [-0.25, -0.2) is 0 Å². The summed E-state index contributed by atoms with van der Waals surface area (Å²) in [6.07, 6.45) is 1.28. The number of para-hydroxylation sites is 1. The predicted octanol–water partition coefficient (Wildman–Crippen LogP) is -0.428. The van der Waals surface area contributed by atoms with Crippen LogP contribution in [0.3, 0.4) is 0 Å². The number of carboxylic acid groups (broad SMARTS) is 1. The highest BCUT2D eigenvalue weighted by atomic mass is 35.5. The van der Waals surface area contributed by atoms with Crippen LogP contribution in [0.2, 0.25) is 0 Å². The van der Waals surface area contributed by atoms with Crippen molar-refractivity contribution in [3.63, 3.8) is 0 Å². The Morgan fingerprint density at radius 1 is 1.26 bits per heavy atom. The second-order valence-electron chi connectivity index (χ2n) is 3.97. The Balaban J connectivity index is 0.00000324. The molecule has 0 spiro atoms. The molecule has 0 fully saturated rings. The Labute approximate surface area is 124 Å². The number of hydrogen-bond acceptors (Lipinski definition) is 2. The lowest BCUT2D eigenvalue weighted by Gasteiger charge is -2.07. The summed E-state index contributed by atoms with van der Waals surface area (Å²) in [5, 5.41) is 8.66. The second-order valence-corrected chi connectivity index (χ2v) is 6.59. The maximum Gasteiger partial charge on any atom is 0.308 e. The van der Waals surface area contributed by atoms with Crippen molar-refractivity contribution >= 4 is 16.9 Å². The van der Waals surface area contributed by atoms with Crippen molar-refractivity contribution < 1.29 is 27.0 Å². The van der Waals surface area contributed by atoms with Crippen LogP contribution in [0.1, 0.15) is 19.8 Å². The van der Waals surface area contributed by atoms with Gasteiger partial charge in [0.15, 0.2) is 0 Å². The minimum atomic E-state index is -0.693. The number of aliphatic carboxylic acids is 1. The average Bonchev–Trinajstić information content (AvgIpc) is 2.39. The molecule has 0 bridgehead atoms. The molecule has 1 rings (SSSR count). The molecular formula is C14H21ClO3S. The number of halogens is 1. The lowest BCUT2D eigenvalue weighted by molar-refractivity contribution is -0.136. The van der Waals surface area contributed by atoms with Crippen LogP contribution in [0, 0.1) is 0 Å². The van der Waals surface area contributed by atoms with E-state index in [4.69, 9.17) is 9.84 Å². The predicted molar refractivity (Wildman–Crippen MR) is 76.4 cm³/mol. The highest BCUT2D eigenvalue weighted by Gasteiger charge is 2.16. The first-order chi connectivity index (χ1) is 8.72. The summed E-state index contributed by atoms with van der Waals surface area (Å²) in [7, 11) is 0.229. The fraction of sp³-hybridized carbons (Fsp3) is 0.500. The van der Waals surface area contributed by atoms with Gasteiger partial charge in [-0.05, 0) is 30.0 Å². The zero-order chi connectivity index (χ0) is 13.2. The fourth-order valence-electron chi connectivity index (χ4n) is 1.59. The van der Waals surface area contributed by atoms with Crippen molar-refractivity contribution in [1.82, 2.24) is 0 Å². The summed E-state index contributed by atoms with van der Waals surface area (Å²) in [5.74, 6) is 3.15. The van der Waals surface area contributed by atoms with Crippen LogP contribution < -0.4 is 17.1 Å². The zero-order valence-electron chi connectivity index (χ0n) is 11.2. The third-order valence-electron chi connectivity index (χ3n) is 2.60. The van der Waals surface area contributed by atoms with E-state index in [1.54, 1.807) is 0 Å². The van der Waals surface area contributed by atoms with Crippen molar-refractivity contribution in [3.8, 4) is 5.75 Å². The SMILES string of the molecule is CC[S+](CCCOc1ccccc1)CCC(=O)O.[Cl-]. The number of benzene rings is 1. The summed E-state index contributed by atoms with van der Waals surface area (Å²) in [6, 6.07) is 9.78. The van der Waals surface area contributed by atoms with Crippen LogP contribution in [0.15, 0.2) is 30.3 Å². The van der Waals surface area contributed by atoms with Gasteiger partial charge in [-0.2, -0.15) is 0 Å².